The molecule has 1 N–H and O–H groups in total. The zero-order valence-corrected chi connectivity index (χ0v) is 16.4. The maximum Gasteiger partial charge on any atom is 0.239 e. The van der Waals surface area contributed by atoms with Gasteiger partial charge in [0.1, 0.15) is 4.32 Å². The predicted molar refractivity (Wildman–Crippen MR) is 109 cm³/mol. The minimum absolute atomic E-state index is 0.0801. The van der Waals surface area contributed by atoms with Crippen LogP contribution in [0.5, 0.6) is 0 Å². The number of carbonyl (C=O) groups excluding carboxylic acids is 1. The van der Waals surface area contributed by atoms with Crippen molar-refractivity contribution in [1.29, 1.82) is 0 Å². The number of thioether (sulfide) groups is 1. The van der Waals surface area contributed by atoms with E-state index >= 15 is 0 Å². The van der Waals surface area contributed by atoms with Crippen LogP contribution in [0.15, 0.2) is 35.7 Å². The lowest BCUT2D eigenvalue weighted by Crippen LogP contribution is -2.31. The average Bonchev–Trinajstić information content (AvgIpc) is 3.05. The highest BCUT2D eigenvalue weighted by Gasteiger charge is 2.19. The molecule has 1 aromatic heterocycles. The normalized spacial score (nSPS) is 11.8. The molecule has 2 aromatic rings. The van der Waals surface area contributed by atoms with Gasteiger partial charge in [0.05, 0.1) is 10.9 Å². The minimum Gasteiger partial charge on any atom is -0.358 e. The van der Waals surface area contributed by atoms with Crippen molar-refractivity contribution in [1.82, 2.24) is 9.88 Å². The van der Waals surface area contributed by atoms with Gasteiger partial charge in [0.2, 0.25) is 5.91 Å². The highest BCUT2D eigenvalue weighted by Crippen LogP contribution is 2.25. The summed E-state index contributed by atoms with van der Waals surface area (Å²) in [7, 11) is 0. The summed E-state index contributed by atoms with van der Waals surface area (Å²) < 4.78 is 0.756. The summed E-state index contributed by atoms with van der Waals surface area (Å²) in [5.74, 6) is -0.0801. The van der Waals surface area contributed by atoms with Gasteiger partial charge in [-0.25, -0.2) is 4.98 Å². The number of anilines is 1. The van der Waals surface area contributed by atoms with Crippen molar-refractivity contribution in [2.75, 3.05) is 18.4 Å². The van der Waals surface area contributed by atoms with E-state index < -0.39 is 0 Å². The fourth-order valence-corrected chi connectivity index (χ4v) is 4.33. The zero-order chi connectivity index (χ0) is 17.5. The van der Waals surface area contributed by atoms with E-state index in [0.717, 1.165) is 28.7 Å². The Morgan fingerprint density at radius 1 is 1.33 bits per heavy atom. The molecule has 24 heavy (non-hydrogen) atoms. The van der Waals surface area contributed by atoms with Gasteiger partial charge in [-0.2, -0.15) is 0 Å². The summed E-state index contributed by atoms with van der Waals surface area (Å²) in [6, 6.07) is 9.92. The molecular formula is C17H21N3OS3. The molecule has 0 aliphatic carbocycles. The number of benzene rings is 1. The van der Waals surface area contributed by atoms with Gasteiger partial charge in [0.15, 0.2) is 5.13 Å². The zero-order valence-electron chi connectivity index (χ0n) is 14.0. The van der Waals surface area contributed by atoms with E-state index in [2.05, 4.69) is 29.0 Å². The van der Waals surface area contributed by atoms with E-state index in [-0.39, 0.29) is 11.2 Å². The van der Waals surface area contributed by atoms with Crippen molar-refractivity contribution in [3.8, 4) is 11.3 Å². The molecule has 0 aliphatic rings. The van der Waals surface area contributed by atoms with Gasteiger partial charge in [-0.05, 0) is 20.8 Å². The summed E-state index contributed by atoms with van der Waals surface area (Å²) in [6.07, 6.45) is 0. The Balaban J connectivity index is 1.95. The third-order valence-electron chi connectivity index (χ3n) is 3.47. The van der Waals surface area contributed by atoms with E-state index in [4.69, 9.17) is 12.2 Å². The molecule has 1 heterocycles. The first-order valence-corrected chi connectivity index (χ1v) is 9.99. The van der Waals surface area contributed by atoms with E-state index in [0.29, 0.717) is 5.13 Å². The van der Waals surface area contributed by atoms with Crippen LogP contribution in [0.4, 0.5) is 5.13 Å². The molecule has 0 radical (unpaired) electrons. The van der Waals surface area contributed by atoms with E-state index in [9.17, 15) is 4.79 Å². The van der Waals surface area contributed by atoms with E-state index in [1.54, 1.807) is 0 Å². The molecule has 0 spiro atoms. The Labute approximate surface area is 156 Å². The molecule has 1 aromatic carbocycles. The first kappa shape index (κ1) is 18.9. The second kappa shape index (κ2) is 9.15. The maximum atomic E-state index is 12.3. The summed E-state index contributed by atoms with van der Waals surface area (Å²) in [5, 5.41) is 5.18. The number of hydrogen-bond acceptors (Lipinski definition) is 5. The van der Waals surface area contributed by atoms with Crippen LogP contribution in [-0.4, -0.2) is 38.5 Å². The van der Waals surface area contributed by atoms with Crippen LogP contribution in [-0.2, 0) is 4.79 Å². The molecule has 0 saturated heterocycles. The average molecular weight is 380 g/mol. The molecule has 7 heteroatoms. The molecule has 0 fully saturated rings. The van der Waals surface area contributed by atoms with Gasteiger partial charge in [-0.1, -0.05) is 54.3 Å². The summed E-state index contributed by atoms with van der Waals surface area (Å²) in [5.41, 5.74) is 1.91. The molecule has 4 nitrogen and oxygen atoms in total. The lowest BCUT2D eigenvalue weighted by Gasteiger charge is -2.22. The molecule has 128 valence electrons. The second-order valence-electron chi connectivity index (χ2n) is 5.09. The third kappa shape index (κ3) is 5.03. The Kier molecular flexibility index (Phi) is 7.20. The number of hydrogen-bond donors (Lipinski definition) is 1. The van der Waals surface area contributed by atoms with Gasteiger partial charge in [-0.15, -0.1) is 11.3 Å². The van der Waals surface area contributed by atoms with Crippen molar-refractivity contribution < 1.29 is 4.79 Å². The van der Waals surface area contributed by atoms with Gasteiger partial charge < -0.3 is 10.2 Å². The summed E-state index contributed by atoms with van der Waals surface area (Å²) in [6.45, 7) is 7.68. The van der Waals surface area contributed by atoms with Gasteiger partial charge in [0, 0.05) is 24.0 Å². The monoisotopic (exact) mass is 379 g/mol. The van der Waals surface area contributed by atoms with Gasteiger partial charge >= 0.3 is 0 Å². The molecule has 0 aliphatic heterocycles. The molecule has 0 saturated carbocycles. The number of thiazole rings is 1. The van der Waals surface area contributed by atoms with Crippen molar-refractivity contribution in [3.63, 3.8) is 0 Å². The standard InChI is InChI=1S/C17H21N3OS3/c1-4-20(5-2)17(22)24-12(3)15(21)19-16-18-14(11-23-16)13-9-7-6-8-10-13/h6-12H,4-5H2,1-3H3,(H,18,19,21)/t12-/m1/s1. The van der Waals surface area contributed by atoms with Gasteiger partial charge in [-0.3, -0.25) is 4.79 Å². The number of nitrogens with zero attached hydrogens (tertiary/aromatic N) is 2. The topological polar surface area (TPSA) is 45.2 Å². The van der Waals surface area contributed by atoms with Crippen LogP contribution in [0.2, 0.25) is 0 Å². The lowest BCUT2D eigenvalue weighted by atomic mass is 10.2. The predicted octanol–water partition coefficient (Wildman–Crippen LogP) is 4.50. The molecule has 1 amide bonds. The SMILES string of the molecule is CCN(CC)C(=S)S[C@H](C)C(=O)Nc1nc(-c2ccccc2)cs1. The van der Waals surface area contributed by atoms with Crippen LogP contribution in [0.1, 0.15) is 20.8 Å². The van der Waals surface area contributed by atoms with E-state index in [1.807, 2.05) is 42.6 Å². The largest absolute Gasteiger partial charge is 0.358 e. The van der Waals surface area contributed by atoms with Crippen molar-refractivity contribution >= 4 is 50.7 Å². The number of aromatic nitrogens is 1. The van der Waals surface area contributed by atoms with Gasteiger partial charge in [0.25, 0.3) is 0 Å². The molecule has 0 bridgehead atoms. The summed E-state index contributed by atoms with van der Waals surface area (Å²) >= 11 is 8.24. The Morgan fingerprint density at radius 2 is 2.00 bits per heavy atom. The fraction of sp³-hybridized carbons (Fsp3) is 0.353. The number of rotatable bonds is 6. The highest BCUT2D eigenvalue weighted by molar-refractivity contribution is 8.23. The van der Waals surface area contributed by atoms with Crippen molar-refractivity contribution in [2.45, 2.75) is 26.0 Å². The number of amides is 1. The number of nitrogens with one attached hydrogen (secondary N) is 1. The van der Waals surface area contributed by atoms with Crippen molar-refractivity contribution in [2.24, 2.45) is 0 Å². The molecule has 0 unspecified atom stereocenters. The van der Waals surface area contributed by atoms with Crippen LogP contribution >= 0.6 is 35.3 Å². The van der Waals surface area contributed by atoms with Crippen LogP contribution in [0.3, 0.4) is 0 Å². The Morgan fingerprint density at radius 3 is 2.62 bits per heavy atom. The number of thiocarbonyl (C=S) groups is 1. The quantitative estimate of drug-likeness (QED) is 0.749. The lowest BCUT2D eigenvalue weighted by molar-refractivity contribution is -0.115. The van der Waals surface area contributed by atoms with Crippen LogP contribution < -0.4 is 5.32 Å². The minimum atomic E-state index is -0.262. The van der Waals surface area contributed by atoms with E-state index in [1.165, 1.54) is 23.1 Å². The molecular weight excluding hydrogens is 358 g/mol. The third-order valence-corrected chi connectivity index (χ3v) is 5.80. The molecule has 1 atom stereocenters. The fourth-order valence-electron chi connectivity index (χ4n) is 2.04. The number of carbonyl (C=O) groups is 1. The first-order chi connectivity index (χ1) is 11.5. The Bertz CT molecular complexity index is 683. The second-order valence-corrected chi connectivity index (χ2v) is 7.92. The smallest absolute Gasteiger partial charge is 0.239 e. The first-order valence-electron chi connectivity index (χ1n) is 7.82. The van der Waals surface area contributed by atoms with Crippen molar-refractivity contribution in [3.05, 3.63) is 35.7 Å². The molecule has 2 rings (SSSR count). The maximum absolute atomic E-state index is 12.3. The van der Waals surface area contributed by atoms with Crippen LogP contribution in [0.25, 0.3) is 11.3 Å². The van der Waals surface area contributed by atoms with Crippen LogP contribution in [0, 0.1) is 0 Å². The Hall–Kier alpha value is -1.44. The summed E-state index contributed by atoms with van der Waals surface area (Å²) in [4.78, 5) is 18.9. The highest BCUT2D eigenvalue weighted by atomic mass is 32.2.